The molecule has 0 saturated carbocycles. The van der Waals surface area contributed by atoms with Crippen molar-refractivity contribution in [2.45, 2.75) is 199 Å². The molecule has 738 valence electrons. The highest BCUT2D eigenvalue weighted by atomic mass is 16.2. The van der Waals surface area contributed by atoms with Crippen molar-refractivity contribution in [1.29, 1.82) is 0 Å². The second-order valence-electron chi connectivity index (χ2n) is 37.1. The number of benzene rings is 10. The molecule has 25 heteroatoms. The third-order valence-electron chi connectivity index (χ3n) is 26.1. The molecule has 10 aromatic carbocycles. The van der Waals surface area contributed by atoms with Crippen molar-refractivity contribution < 1.29 is 71.9 Å². The normalized spacial score (nSPS) is 17.3. The van der Waals surface area contributed by atoms with Crippen LogP contribution in [0.15, 0.2) is 316 Å². The Morgan fingerprint density at radius 1 is 0.299 bits per heavy atom. The topological polar surface area (TPSA) is 378 Å². The monoisotopic (exact) mass is 1930 g/mol. The van der Waals surface area contributed by atoms with E-state index < -0.39 is 118 Å². The van der Waals surface area contributed by atoms with Gasteiger partial charge in [-0.1, -0.05) is 261 Å². The molecule has 5 heterocycles. The summed E-state index contributed by atoms with van der Waals surface area (Å²) in [5.74, 6) is -8.79. The van der Waals surface area contributed by atoms with E-state index in [9.17, 15) is 71.9 Å². The summed E-state index contributed by atoms with van der Waals surface area (Å²) < 4.78 is 0. The van der Waals surface area contributed by atoms with E-state index in [0.29, 0.717) is 44.9 Å². The molecule has 0 saturated heterocycles. The molecule has 8 N–H and O–H groups in total. The Labute approximate surface area is 839 Å². The highest BCUT2D eigenvalue weighted by molar-refractivity contribution is 6.39. The van der Waals surface area contributed by atoms with Crippen LogP contribution < -0.4 is 42.5 Å². The summed E-state index contributed by atoms with van der Waals surface area (Å²) in [5, 5.41) is 22.1. The van der Waals surface area contributed by atoms with Crippen molar-refractivity contribution >= 4 is 87.7 Å². The Morgan fingerprint density at radius 3 is 0.993 bits per heavy atom. The van der Waals surface area contributed by atoms with E-state index in [1.54, 1.807) is 39.4 Å². The molecule has 2 aromatic heterocycles. The molecule has 8 amide bonds. The number of pyridine rings is 2. The fourth-order valence-electron chi connectivity index (χ4n) is 17.9. The second-order valence-corrected chi connectivity index (χ2v) is 37.1. The van der Waals surface area contributed by atoms with Gasteiger partial charge < -0.3 is 42.5 Å². The summed E-state index contributed by atoms with van der Waals surface area (Å²) >= 11 is 0. The van der Waals surface area contributed by atoms with Crippen molar-refractivity contribution in [3.8, 4) is 33.5 Å². The third kappa shape index (κ3) is 32.8. The molecule has 25 nitrogen and oxygen atoms in total. The zero-order valence-electron chi connectivity index (χ0n) is 81.3. The number of aryl methyl sites for hydroxylation is 7. The van der Waals surface area contributed by atoms with E-state index >= 15 is 0 Å². The van der Waals surface area contributed by atoms with Crippen LogP contribution in [-0.2, 0) is 140 Å². The van der Waals surface area contributed by atoms with Gasteiger partial charge in [0.15, 0.2) is 34.7 Å². The number of ketones is 9. The number of urea groups is 2. The lowest BCUT2D eigenvalue weighted by Crippen LogP contribution is -2.52. The number of Topliss-reactive ketones (excluding diaryl/α,β-unsaturated/α-hetero) is 9. The average Bonchev–Trinajstić information content (AvgIpc) is 0.832. The fourth-order valence-corrected chi connectivity index (χ4v) is 17.9. The summed E-state index contributed by atoms with van der Waals surface area (Å²) in [6.45, 7) is 5.20. The number of hydrogen-bond donors (Lipinski definition) is 8. The Balaban J connectivity index is 0.000000181. The maximum absolute atomic E-state index is 14.0. The van der Waals surface area contributed by atoms with E-state index in [2.05, 4.69) is 58.6 Å². The molecule has 144 heavy (non-hydrogen) atoms. The predicted octanol–water partition coefficient (Wildman–Crippen LogP) is 15.7. The first kappa shape index (κ1) is 105. The molecule has 0 radical (unpaired) electrons. The number of nitrogens with zero attached hydrogens (tertiary/aromatic N) is 2. The minimum Gasteiger partial charge on any atom is -0.345 e. The van der Waals surface area contributed by atoms with Gasteiger partial charge in [-0.05, 0) is 224 Å². The van der Waals surface area contributed by atoms with Gasteiger partial charge in [0.25, 0.3) is 0 Å². The Hall–Kier alpha value is -16.1. The van der Waals surface area contributed by atoms with Crippen molar-refractivity contribution in [3.05, 3.63) is 383 Å². The fraction of sp³-hybridized carbons (Fsp3) is 0.286. The standard InChI is InChI=1S/2C40H41N3O5.C39H40N4O5/c1-27-39(47)43-35(20-18-30-14-8-16-32(22-30)33-17-9-15-31(24-33)26-41-40(48)42-27)37(45)25-34(23-29-12-6-3-7-13-29)38(46)36(44)21-19-28-10-4-2-5-11-28;1-27-40(48)43-34(18-15-30-13-8-14-32(23-30)35-25-31(21-22-41-35)17-20-38(46)42-27)37(45)26-33(24-29-11-6-3-7-12-29)39(47)36(44)19-16-28-9-4-2-5-10-28;1-26-38(47)43-34(17-15-30-21-33(25-40-23-30)31-14-8-13-29(20-31)24-41-39(48)42-26)36(45)22-32(19-28-11-6-3-7-12-28)37(46)35(44)18-16-27-9-4-2-5-10-27/h2-17,22,24,27,34-35H,18-21,23,25-26H2,1H3,(H,43,47)(H2,41,42,48);2-14,21-23,25,27,33-34H,15-20,24,26H2,1H3,(H,42,46)(H,43,48);2-14,20-21,23,25-26,32,34H,15-19,22,24H2,1H3,(H,43,47)(H2,41,42,48)/t27-,34+,35-;27-,33+,34-;26-,32+,34-/m000/s1. The number of carbonyl (C=O) groups excluding carboxylic acids is 15. The van der Waals surface area contributed by atoms with Crippen LogP contribution in [0.25, 0.3) is 33.5 Å². The van der Waals surface area contributed by atoms with E-state index in [4.69, 9.17) is 0 Å². The van der Waals surface area contributed by atoms with E-state index in [-0.39, 0.29) is 120 Å². The molecule has 3 aliphatic rings. The lowest BCUT2D eigenvalue weighted by molar-refractivity contribution is -0.140. The number of fused-ring (bicyclic) bond motifs is 15. The smallest absolute Gasteiger partial charge is 0.315 e. The van der Waals surface area contributed by atoms with Crippen LogP contribution in [0.4, 0.5) is 9.59 Å². The first-order chi connectivity index (χ1) is 69.7. The first-order valence-corrected chi connectivity index (χ1v) is 49.3. The van der Waals surface area contributed by atoms with Crippen LogP contribution >= 0.6 is 0 Å². The largest absolute Gasteiger partial charge is 0.345 e. The Bertz CT molecular complexity index is 5890. The molecule has 0 fully saturated rings. The van der Waals surface area contributed by atoms with Gasteiger partial charge in [0.05, 0.1) is 23.8 Å². The number of aromatic nitrogens is 2. The lowest BCUT2D eigenvalue weighted by Gasteiger charge is -2.23. The molecular weight excluding hydrogens is 1810 g/mol. The zero-order valence-corrected chi connectivity index (χ0v) is 81.3. The van der Waals surface area contributed by atoms with Crippen LogP contribution in [0.3, 0.4) is 0 Å². The van der Waals surface area contributed by atoms with Gasteiger partial charge in [0.1, 0.15) is 18.1 Å². The molecule has 15 rings (SSSR count). The lowest BCUT2D eigenvalue weighted by atomic mass is 9.85. The van der Waals surface area contributed by atoms with Crippen molar-refractivity contribution in [1.82, 2.24) is 52.5 Å². The Kier molecular flexibility index (Phi) is 39.1. The van der Waals surface area contributed by atoms with E-state index in [1.807, 2.05) is 291 Å². The summed E-state index contributed by atoms with van der Waals surface area (Å²) in [5.41, 5.74) is 16.5. The van der Waals surface area contributed by atoms with Gasteiger partial charge in [-0.25, -0.2) is 9.59 Å². The summed E-state index contributed by atoms with van der Waals surface area (Å²) in [7, 11) is 0. The van der Waals surface area contributed by atoms with Gasteiger partial charge in [-0.3, -0.25) is 72.3 Å². The molecule has 0 spiro atoms. The van der Waals surface area contributed by atoms with Gasteiger partial charge in [-0.15, -0.1) is 0 Å². The molecule has 3 aliphatic heterocycles. The van der Waals surface area contributed by atoms with Crippen molar-refractivity contribution in [2.75, 3.05) is 0 Å². The van der Waals surface area contributed by atoms with E-state index in [1.165, 1.54) is 0 Å². The molecule has 12 aromatic rings. The molecule has 12 bridgehead atoms. The predicted molar refractivity (Wildman–Crippen MR) is 552 cm³/mol. The summed E-state index contributed by atoms with van der Waals surface area (Å²) in [6, 6.07) is 87.1. The molecule has 0 unspecified atom stereocenters. The maximum atomic E-state index is 14.0. The van der Waals surface area contributed by atoms with Crippen LogP contribution in [0, 0.1) is 17.8 Å². The van der Waals surface area contributed by atoms with Crippen molar-refractivity contribution in [3.63, 3.8) is 0 Å². The van der Waals surface area contributed by atoms with Gasteiger partial charge >= 0.3 is 12.1 Å². The average molecular weight is 1930 g/mol. The summed E-state index contributed by atoms with van der Waals surface area (Å²) in [6.07, 6.45) is 9.52. The third-order valence-corrected chi connectivity index (χ3v) is 26.1. The van der Waals surface area contributed by atoms with Crippen LogP contribution in [0.5, 0.6) is 0 Å². The van der Waals surface area contributed by atoms with E-state index in [0.717, 1.165) is 100 Å². The number of hydrogen-bond acceptors (Lipinski definition) is 17. The Morgan fingerprint density at radius 2 is 0.611 bits per heavy atom. The van der Waals surface area contributed by atoms with Crippen LogP contribution in [0.2, 0.25) is 0 Å². The zero-order chi connectivity index (χ0) is 102. The quantitative estimate of drug-likeness (QED) is 0.0194. The molecular formula is C119H122N10O15. The number of rotatable bonds is 30. The number of nitrogens with one attached hydrogen (secondary N) is 8. The summed E-state index contributed by atoms with van der Waals surface area (Å²) in [4.78, 5) is 209. The minimum atomic E-state index is -0.963. The SMILES string of the molecule is C[C@@H]1NC(=O)CCc2ccnc(c2)-c2cccc(c2)CC[C@@H](C(=O)C[C@@H](Cc2ccccc2)C(=O)C(=O)CCc2ccccc2)NC1=O.C[C@@H]1NC(=O)NCc2cccc(c2)-c2cccc(c2)CC[C@@H](C(=O)C[C@@H](Cc2ccccc2)C(=O)C(=O)CCc2ccccc2)NC1=O.C[C@@H]1NC(=O)NCc2cccc(c2)-c2cncc(c2)CC[C@@H](C(=O)C[C@@H](Cc2ccccc2)C(=O)C(=O)CCc2ccccc2)NC1=O. The highest BCUT2D eigenvalue weighted by Crippen LogP contribution is 2.30. The molecule has 0 aliphatic carbocycles. The highest BCUT2D eigenvalue weighted by Gasteiger charge is 2.37. The molecule has 9 atom stereocenters. The van der Waals surface area contributed by atoms with Gasteiger partial charge in [0.2, 0.25) is 41.0 Å². The van der Waals surface area contributed by atoms with Crippen LogP contribution in [-0.4, -0.2) is 134 Å². The number of amides is 8. The number of carbonyl (C=O) groups is 15. The first-order valence-electron chi connectivity index (χ1n) is 49.3. The van der Waals surface area contributed by atoms with Crippen molar-refractivity contribution in [2.24, 2.45) is 17.8 Å². The maximum Gasteiger partial charge on any atom is 0.315 e. The van der Waals surface area contributed by atoms with Gasteiger partial charge in [0, 0.05) is 106 Å². The van der Waals surface area contributed by atoms with Gasteiger partial charge in [-0.2, -0.15) is 0 Å². The second kappa shape index (κ2) is 53.5. The van der Waals surface area contributed by atoms with Crippen LogP contribution in [0.1, 0.15) is 152 Å². The minimum absolute atomic E-state index is 0.0417.